The van der Waals surface area contributed by atoms with Gasteiger partial charge in [0.2, 0.25) is 0 Å². The first kappa shape index (κ1) is 16.7. The molecule has 3 rings (SSSR count). The van der Waals surface area contributed by atoms with Gasteiger partial charge in [0.15, 0.2) is 0 Å². The van der Waals surface area contributed by atoms with Crippen LogP contribution in [-0.4, -0.2) is 20.7 Å². The normalized spacial score (nSPS) is 21.1. The number of hydrogen-bond acceptors (Lipinski definition) is 3. The van der Waals surface area contributed by atoms with Gasteiger partial charge in [-0.3, -0.25) is 0 Å². The maximum Gasteiger partial charge on any atom is 0.419 e. The third-order valence-electron chi connectivity index (χ3n) is 4.25. The van der Waals surface area contributed by atoms with Crippen LogP contribution in [0.2, 0.25) is 0 Å². The molecule has 0 aromatic carbocycles. The molecule has 8 heteroatoms. The summed E-state index contributed by atoms with van der Waals surface area (Å²) < 4.78 is 54.1. The Hall–Kier alpha value is -2.12. The maximum absolute atomic E-state index is 13.2. The largest absolute Gasteiger partial charge is 0.419 e. The van der Waals surface area contributed by atoms with Crippen LogP contribution in [0.15, 0.2) is 18.5 Å². The van der Waals surface area contributed by atoms with Gasteiger partial charge in [-0.05, 0) is 18.9 Å². The van der Waals surface area contributed by atoms with Gasteiger partial charge < -0.3 is 10.3 Å². The van der Waals surface area contributed by atoms with E-state index in [1.807, 2.05) is 18.4 Å². The monoisotopic (exact) mass is 342 g/mol. The predicted octanol–water partition coefficient (Wildman–Crippen LogP) is 4.34. The molecule has 24 heavy (non-hydrogen) atoms. The van der Waals surface area contributed by atoms with Gasteiger partial charge in [0.1, 0.15) is 17.8 Å². The van der Waals surface area contributed by atoms with Gasteiger partial charge in [0, 0.05) is 29.9 Å². The zero-order valence-electron chi connectivity index (χ0n) is 13.3. The second kappa shape index (κ2) is 5.75. The maximum atomic E-state index is 13.2. The molecule has 0 bridgehead atoms. The first-order chi connectivity index (χ1) is 11.2. The fraction of sp³-hybridized carbons (Fsp3) is 0.500. The molecule has 4 nitrogen and oxygen atoms in total. The van der Waals surface area contributed by atoms with Crippen molar-refractivity contribution in [1.29, 1.82) is 0 Å². The van der Waals surface area contributed by atoms with E-state index in [4.69, 9.17) is 5.73 Å². The van der Waals surface area contributed by atoms with Crippen LogP contribution in [0.5, 0.6) is 0 Å². The number of anilines is 1. The van der Waals surface area contributed by atoms with Crippen LogP contribution in [0, 0.1) is 0 Å². The molecule has 1 saturated carbocycles. The second-order valence-electron chi connectivity index (χ2n) is 6.42. The summed E-state index contributed by atoms with van der Waals surface area (Å²) >= 11 is 0. The summed E-state index contributed by atoms with van der Waals surface area (Å²) in [6, 6.07) is 0.958. The third-order valence-corrected chi connectivity index (χ3v) is 4.25. The Morgan fingerprint density at radius 1 is 1.29 bits per heavy atom. The van der Waals surface area contributed by atoms with Gasteiger partial charge in [0.05, 0.1) is 11.3 Å². The van der Waals surface area contributed by atoms with Crippen molar-refractivity contribution in [2.45, 2.75) is 51.0 Å². The van der Waals surface area contributed by atoms with Crippen LogP contribution in [0.4, 0.5) is 23.4 Å². The summed E-state index contributed by atoms with van der Waals surface area (Å²) in [6.45, 7) is 3.88. The molecule has 1 aliphatic carbocycles. The highest BCUT2D eigenvalue weighted by atomic mass is 19.4. The molecule has 0 atom stereocenters. The van der Waals surface area contributed by atoms with E-state index in [9.17, 15) is 17.6 Å². The SMILES string of the molecule is CC(C)c1nc(-c2cnc(N)c(C(F)(F)F)c2)cn1C1CC(F)C1. The van der Waals surface area contributed by atoms with Gasteiger partial charge in [-0.1, -0.05) is 13.8 Å². The number of nitrogens with two attached hydrogens (primary N) is 1. The van der Waals surface area contributed by atoms with Crippen LogP contribution in [-0.2, 0) is 6.18 Å². The Labute approximate surface area is 136 Å². The molecule has 0 aliphatic heterocycles. The van der Waals surface area contributed by atoms with Gasteiger partial charge in [-0.25, -0.2) is 14.4 Å². The zero-order valence-corrected chi connectivity index (χ0v) is 13.3. The highest BCUT2D eigenvalue weighted by Crippen LogP contribution is 2.39. The van der Waals surface area contributed by atoms with Crippen molar-refractivity contribution in [3.05, 3.63) is 29.8 Å². The smallest absolute Gasteiger partial charge is 0.383 e. The van der Waals surface area contributed by atoms with Crippen molar-refractivity contribution >= 4 is 5.82 Å². The van der Waals surface area contributed by atoms with Crippen LogP contribution in [0.25, 0.3) is 11.3 Å². The lowest BCUT2D eigenvalue weighted by Gasteiger charge is -2.32. The van der Waals surface area contributed by atoms with E-state index in [1.54, 1.807) is 6.20 Å². The van der Waals surface area contributed by atoms with Crippen molar-refractivity contribution < 1.29 is 17.6 Å². The average Bonchev–Trinajstić information content (AvgIpc) is 2.88. The predicted molar refractivity (Wildman–Crippen MR) is 82.1 cm³/mol. The molecule has 0 unspecified atom stereocenters. The topological polar surface area (TPSA) is 56.7 Å². The molecule has 2 aromatic heterocycles. The number of imidazole rings is 1. The Morgan fingerprint density at radius 2 is 1.96 bits per heavy atom. The molecule has 130 valence electrons. The molecule has 0 saturated heterocycles. The lowest BCUT2D eigenvalue weighted by atomic mass is 9.90. The minimum Gasteiger partial charge on any atom is -0.383 e. The van der Waals surface area contributed by atoms with Crippen molar-refractivity contribution in [3.8, 4) is 11.3 Å². The number of alkyl halides is 4. The molecule has 0 spiro atoms. The molecule has 1 aliphatic rings. The van der Waals surface area contributed by atoms with Crippen molar-refractivity contribution in [2.75, 3.05) is 5.73 Å². The summed E-state index contributed by atoms with van der Waals surface area (Å²) in [5, 5.41) is 0. The summed E-state index contributed by atoms with van der Waals surface area (Å²) in [5.74, 6) is 0.238. The average molecular weight is 342 g/mol. The quantitative estimate of drug-likeness (QED) is 0.844. The van der Waals surface area contributed by atoms with E-state index in [1.165, 1.54) is 6.20 Å². The number of aromatic nitrogens is 3. The summed E-state index contributed by atoms with van der Waals surface area (Å²) in [6.07, 6.45) is -1.63. The third kappa shape index (κ3) is 2.97. The highest BCUT2D eigenvalue weighted by Gasteiger charge is 2.35. The van der Waals surface area contributed by atoms with Gasteiger partial charge in [-0.15, -0.1) is 0 Å². The van der Waals surface area contributed by atoms with Crippen molar-refractivity contribution in [1.82, 2.24) is 14.5 Å². The molecule has 1 fully saturated rings. The Kier molecular flexibility index (Phi) is 4.01. The first-order valence-corrected chi connectivity index (χ1v) is 7.72. The summed E-state index contributed by atoms with van der Waals surface area (Å²) in [4.78, 5) is 8.10. The van der Waals surface area contributed by atoms with Gasteiger partial charge in [0.25, 0.3) is 0 Å². The Morgan fingerprint density at radius 3 is 2.50 bits per heavy atom. The van der Waals surface area contributed by atoms with Gasteiger partial charge >= 0.3 is 6.18 Å². The number of nitrogen functional groups attached to an aromatic ring is 1. The minimum atomic E-state index is -4.58. The standard InChI is InChI=1S/C16H18F4N4/c1-8(2)15-23-13(7-24(15)11-4-10(17)5-11)9-3-12(16(18,19)20)14(21)22-6-9/h3,6-8,10-11H,4-5H2,1-2H3,(H2,21,22). The molecule has 0 radical (unpaired) electrons. The van der Waals surface area contributed by atoms with Gasteiger partial charge in [-0.2, -0.15) is 13.2 Å². The minimum absolute atomic E-state index is 0.00229. The van der Waals surface area contributed by atoms with E-state index in [0.717, 1.165) is 11.9 Å². The molecule has 2 aromatic rings. The molecule has 0 amide bonds. The Balaban J connectivity index is 2.02. The highest BCUT2D eigenvalue weighted by molar-refractivity contribution is 5.62. The Bertz CT molecular complexity index is 745. The van der Waals surface area contributed by atoms with Crippen LogP contribution in [0.3, 0.4) is 0 Å². The molecule has 2 heterocycles. The lowest BCUT2D eigenvalue weighted by Crippen LogP contribution is -2.28. The number of hydrogen-bond donors (Lipinski definition) is 1. The number of pyridine rings is 1. The summed E-state index contributed by atoms with van der Waals surface area (Å²) in [5.41, 5.74) is 4.99. The van der Waals surface area contributed by atoms with Crippen LogP contribution >= 0.6 is 0 Å². The number of nitrogens with zero attached hydrogens (tertiary/aromatic N) is 3. The summed E-state index contributed by atoms with van der Waals surface area (Å²) in [7, 11) is 0. The van der Waals surface area contributed by atoms with Crippen molar-refractivity contribution in [2.24, 2.45) is 0 Å². The lowest BCUT2D eigenvalue weighted by molar-refractivity contribution is -0.137. The van der Waals surface area contributed by atoms with Crippen LogP contribution in [0.1, 0.15) is 50.0 Å². The van der Waals surface area contributed by atoms with E-state index in [-0.39, 0.29) is 17.5 Å². The fourth-order valence-corrected chi connectivity index (χ4v) is 2.86. The zero-order chi connectivity index (χ0) is 17.6. The number of rotatable bonds is 3. The van der Waals surface area contributed by atoms with E-state index >= 15 is 0 Å². The first-order valence-electron chi connectivity index (χ1n) is 7.72. The van der Waals surface area contributed by atoms with E-state index in [2.05, 4.69) is 9.97 Å². The molecular formula is C16H18F4N4. The van der Waals surface area contributed by atoms with Crippen LogP contribution < -0.4 is 5.73 Å². The van der Waals surface area contributed by atoms with E-state index in [0.29, 0.717) is 18.5 Å². The second-order valence-corrected chi connectivity index (χ2v) is 6.42. The molecule has 2 N–H and O–H groups in total. The molecular weight excluding hydrogens is 324 g/mol. The number of halogens is 4. The van der Waals surface area contributed by atoms with Crippen molar-refractivity contribution in [3.63, 3.8) is 0 Å². The van der Waals surface area contributed by atoms with E-state index < -0.39 is 23.7 Å². The fourth-order valence-electron chi connectivity index (χ4n) is 2.86.